The Balaban J connectivity index is 1.86. The molecule has 2 heterocycles. The molecule has 0 spiro atoms. The first kappa shape index (κ1) is 21.1. The summed E-state index contributed by atoms with van der Waals surface area (Å²) in [6.07, 6.45) is 0. The van der Waals surface area contributed by atoms with E-state index in [2.05, 4.69) is 41.4 Å². The van der Waals surface area contributed by atoms with E-state index in [1.54, 1.807) is 13.8 Å². The zero-order valence-electron chi connectivity index (χ0n) is 15.2. The second-order valence-electron chi connectivity index (χ2n) is 6.19. The Bertz CT molecular complexity index is 1170. The second-order valence-corrected chi connectivity index (χ2v) is 8.91. The van der Waals surface area contributed by atoms with Gasteiger partial charge in [0.1, 0.15) is 5.82 Å². The quantitative estimate of drug-likeness (QED) is 0.479. The van der Waals surface area contributed by atoms with Crippen molar-refractivity contribution in [2.24, 2.45) is 0 Å². The number of hydrogen-bond acceptors (Lipinski definition) is 9. The van der Waals surface area contributed by atoms with Crippen LogP contribution in [0.1, 0.15) is 13.8 Å². The minimum absolute atomic E-state index is 0.00650. The van der Waals surface area contributed by atoms with E-state index in [4.69, 9.17) is 9.15 Å². The van der Waals surface area contributed by atoms with Crippen LogP contribution < -0.4 is 15.8 Å². The summed E-state index contributed by atoms with van der Waals surface area (Å²) in [6.45, 7) is 3.41. The summed E-state index contributed by atoms with van der Waals surface area (Å²) >= 11 is 3.05. The molecule has 11 nitrogen and oxygen atoms in total. The fraction of sp³-hybridized carbons (Fsp3) is 0.333. The third-order valence-corrected chi connectivity index (χ3v) is 5.72. The highest BCUT2D eigenvalue weighted by Crippen LogP contribution is 2.26. The summed E-state index contributed by atoms with van der Waals surface area (Å²) in [5.74, 6) is -1.57. The van der Waals surface area contributed by atoms with Crippen LogP contribution in [0.4, 0.5) is 10.2 Å². The van der Waals surface area contributed by atoms with Crippen LogP contribution in [-0.4, -0.2) is 46.8 Å². The van der Waals surface area contributed by atoms with E-state index >= 15 is 0 Å². The number of rotatable bonds is 8. The van der Waals surface area contributed by atoms with Gasteiger partial charge in [-0.15, -0.1) is 0 Å². The van der Waals surface area contributed by atoms with Crippen LogP contribution in [0, 0.1) is 5.82 Å². The Morgan fingerprint density at radius 1 is 1.28 bits per heavy atom. The summed E-state index contributed by atoms with van der Waals surface area (Å²) in [4.78, 5) is 12.1. The van der Waals surface area contributed by atoms with Gasteiger partial charge in [-0.3, -0.25) is 4.52 Å². The van der Waals surface area contributed by atoms with Crippen molar-refractivity contribution in [3.05, 3.63) is 39.0 Å². The zero-order chi connectivity index (χ0) is 21.2. The summed E-state index contributed by atoms with van der Waals surface area (Å²) < 4.78 is 50.4. The topological polar surface area (TPSA) is 145 Å². The van der Waals surface area contributed by atoms with Gasteiger partial charge in [-0.05, 0) is 58.3 Å². The monoisotopic (exact) mass is 490 g/mol. The van der Waals surface area contributed by atoms with Crippen LogP contribution in [0.2, 0.25) is 0 Å². The first-order valence-corrected chi connectivity index (χ1v) is 10.7. The van der Waals surface area contributed by atoms with Crippen molar-refractivity contribution >= 4 is 31.8 Å². The molecule has 2 N–H and O–H groups in total. The average molecular weight is 491 g/mol. The van der Waals surface area contributed by atoms with Crippen LogP contribution in [0.3, 0.4) is 0 Å². The van der Waals surface area contributed by atoms with Gasteiger partial charge in [0.25, 0.3) is 0 Å². The van der Waals surface area contributed by atoms with Crippen LogP contribution in [0.25, 0.3) is 17.2 Å². The van der Waals surface area contributed by atoms with Gasteiger partial charge in [0.05, 0.1) is 15.9 Å². The molecule has 3 rings (SSSR count). The highest BCUT2D eigenvalue weighted by Gasteiger charge is 2.23. The minimum atomic E-state index is -3.49. The smallest absolute Gasteiger partial charge is 0.364 e. The molecule has 0 aliphatic carbocycles. The summed E-state index contributed by atoms with van der Waals surface area (Å²) in [5.41, 5.74) is 0.280. The number of nitrogens with one attached hydrogen (secondary N) is 2. The number of halogens is 2. The Morgan fingerprint density at radius 3 is 2.72 bits per heavy atom. The summed E-state index contributed by atoms with van der Waals surface area (Å²) in [7, 11) is -3.49. The molecule has 0 bridgehead atoms. The maximum Gasteiger partial charge on any atom is 0.446 e. The van der Waals surface area contributed by atoms with Crippen LogP contribution in [0.5, 0.6) is 0 Å². The normalized spacial score (nSPS) is 11.9. The van der Waals surface area contributed by atoms with Crippen molar-refractivity contribution in [3.63, 3.8) is 0 Å². The van der Waals surface area contributed by atoms with E-state index in [0.29, 0.717) is 0 Å². The third-order valence-electron chi connectivity index (χ3n) is 3.54. The molecule has 0 saturated heterocycles. The van der Waals surface area contributed by atoms with E-state index in [0.717, 1.165) is 10.6 Å². The molecule has 2 aromatic heterocycles. The van der Waals surface area contributed by atoms with Gasteiger partial charge in [-0.1, -0.05) is 5.16 Å². The van der Waals surface area contributed by atoms with Gasteiger partial charge in [0.15, 0.2) is 5.69 Å². The SMILES string of the molecule is CC(C)NS(=O)(=O)CCNc1nonc1-c1noc(=O)n1-c1ccc(F)c(Br)c1. The van der Waals surface area contributed by atoms with E-state index in [1.165, 1.54) is 12.1 Å². The molecule has 14 heteroatoms. The molecule has 0 saturated carbocycles. The van der Waals surface area contributed by atoms with Gasteiger partial charge < -0.3 is 5.32 Å². The number of nitrogens with zero attached hydrogens (tertiary/aromatic N) is 4. The lowest BCUT2D eigenvalue weighted by molar-refractivity contribution is 0.309. The van der Waals surface area contributed by atoms with Crippen molar-refractivity contribution in [3.8, 4) is 17.2 Å². The molecular weight excluding hydrogens is 475 g/mol. The Hall–Kier alpha value is -2.58. The molecule has 1 aromatic carbocycles. The molecule has 156 valence electrons. The first-order chi connectivity index (χ1) is 13.7. The molecule has 3 aromatic rings. The lowest BCUT2D eigenvalue weighted by Gasteiger charge is -2.09. The van der Waals surface area contributed by atoms with Crippen LogP contribution in [0.15, 0.2) is 36.6 Å². The lowest BCUT2D eigenvalue weighted by Crippen LogP contribution is -2.34. The third kappa shape index (κ3) is 4.89. The largest absolute Gasteiger partial charge is 0.446 e. The van der Waals surface area contributed by atoms with Crippen molar-refractivity contribution in [2.75, 3.05) is 17.6 Å². The maximum absolute atomic E-state index is 13.5. The van der Waals surface area contributed by atoms with E-state index in [1.807, 2.05) is 0 Å². The van der Waals surface area contributed by atoms with Crippen molar-refractivity contribution in [2.45, 2.75) is 19.9 Å². The molecule has 29 heavy (non-hydrogen) atoms. The highest BCUT2D eigenvalue weighted by molar-refractivity contribution is 9.10. The fourth-order valence-electron chi connectivity index (χ4n) is 2.42. The van der Waals surface area contributed by atoms with Gasteiger partial charge in [0.2, 0.25) is 21.7 Å². The molecule has 0 atom stereocenters. The standard InChI is InChI=1S/C15H16BrFN6O5S/c1-8(2)22-29(25,26)6-5-18-13-12(19-28-20-13)14-21-27-15(24)23(14)9-3-4-11(17)10(16)7-9/h3-4,7-8,22H,5-6H2,1-2H3,(H,18,20). The molecule has 0 amide bonds. The predicted molar refractivity (Wildman–Crippen MR) is 104 cm³/mol. The summed E-state index contributed by atoms with van der Waals surface area (Å²) in [5, 5.41) is 13.8. The van der Waals surface area contributed by atoms with Crippen LogP contribution >= 0.6 is 15.9 Å². The molecule has 0 aliphatic rings. The average Bonchev–Trinajstić information content (AvgIpc) is 3.22. The maximum atomic E-state index is 13.5. The fourth-order valence-corrected chi connectivity index (χ4v) is 4.00. The highest BCUT2D eigenvalue weighted by atomic mass is 79.9. The Kier molecular flexibility index (Phi) is 6.14. The lowest BCUT2D eigenvalue weighted by atomic mass is 10.3. The predicted octanol–water partition coefficient (Wildman–Crippen LogP) is 1.52. The number of anilines is 1. The number of benzene rings is 1. The number of sulfonamides is 1. The van der Waals surface area contributed by atoms with E-state index < -0.39 is 21.6 Å². The molecule has 0 fully saturated rings. The second kappa shape index (κ2) is 8.42. The Morgan fingerprint density at radius 2 is 2.03 bits per heavy atom. The Labute approximate surface area is 172 Å². The van der Waals surface area contributed by atoms with Crippen LogP contribution in [-0.2, 0) is 10.0 Å². The number of hydrogen-bond donors (Lipinski definition) is 2. The number of aromatic nitrogens is 4. The summed E-state index contributed by atoms with van der Waals surface area (Å²) in [6, 6.07) is 3.65. The van der Waals surface area contributed by atoms with E-state index in [-0.39, 0.29) is 45.8 Å². The van der Waals surface area contributed by atoms with Crippen molar-refractivity contribution < 1.29 is 22.0 Å². The van der Waals surface area contributed by atoms with Gasteiger partial charge >= 0.3 is 5.76 Å². The van der Waals surface area contributed by atoms with E-state index in [9.17, 15) is 17.6 Å². The van der Waals surface area contributed by atoms with Gasteiger partial charge in [0, 0.05) is 12.6 Å². The zero-order valence-corrected chi connectivity index (χ0v) is 17.6. The van der Waals surface area contributed by atoms with Gasteiger partial charge in [-0.25, -0.2) is 31.5 Å². The molecular formula is C15H16BrFN6O5S. The minimum Gasteiger partial charge on any atom is -0.364 e. The van der Waals surface area contributed by atoms with Crippen molar-refractivity contribution in [1.29, 1.82) is 0 Å². The molecule has 0 radical (unpaired) electrons. The molecule has 0 unspecified atom stereocenters. The van der Waals surface area contributed by atoms with Gasteiger partial charge in [-0.2, -0.15) is 0 Å². The van der Waals surface area contributed by atoms with Crippen molar-refractivity contribution in [1.82, 2.24) is 24.8 Å². The first-order valence-electron chi connectivity index (χ1n) is 8.29. The molecule has 0 aliphatic heterocycles.